The summed E-state index contributed by atoms with van der Waals surface area (Å²) in [5, 5.41) is 2.72. The normalized spacial score (nSPS) is 10.4. The molecule has 0 N–H and O–H groups in total. The van der Waals surface area contributed by atoms with Crippen LogP contribution in [0.1, 0.15) is 0 Å². The molecule has 2 aromatic carbocycles. The fourth-order valence-corrected chi connectivity index (χ4v) is 3.88. The molecule has 2 heteroatoms. The van der Waals surface area contributed by atoms with Crippen LogP contribution in [0, 0.1) is 0 Å². The number of rotatable bonds is 1. The summed E-state index contributed by atoms with van der Waals surface area (Å²) < 4.78 is 1.53. The Morgan fingerprint density at radius 2 is 1.67 bits per heavy atom. The van der Waals surface area contributed by atoms with Gasteiger partial charge < -0.3 is 0 Å². The topological polar surface area (TPSA) is 0 Å². The molecule has 0 aliphatic heterocycles. The number of hydrogen-bond acceptors (Lipinski definition) is 0. The molecule has 0 radical (unpaired) electrons. The number of hydrogen-bond donors (Lipinski definition) is 0. The van der Waals surface area contributed by atoms with Gasteiger partial charge in [-0.15, -0.1) is 0 Å². The van der Waals surface area contributed by atoms with Crippen LogP contribution in [0.3, 0.4) is 0 Å². The average molecular weight is 382 g/mol. The monoisotopic (exact) mass is 384 g/mol. The van der Waals surface area contributed by atoms with Crippen molar-refractivity contribution >= 4 is 50.1 Å². The molecule has 0 saturated heterocycles. The molecule has 0 bridgehead atoms. The molecule has 0 saturated carbocycles. The fraction of sp³-hybridized carbons (Fsp3) is 0. The summed E-state index contributed by atoms with van der Waals surface area (Å²) in [6.07, 6.45) is 0. The van der Waals surface area contributed by atoms with Crippen molar-refractivity contribution in [2.24, 2.45) is 0 Å². The van der Waals surface area contributed by atoms with Gasteiger partial charge in [0.2, 0.25) is 0 Å². The first-order chi connectivity index (χ1) is 5.90. The van der Waals surface area contributed by atoms with Gasteiger partial charge in [0.25, 0.3) is 0 Å². The van der Waals surface area contributed by atoms with Crippen molar-refractivity contribution < 1.29 is 0 Å². The Morgan fingerprint density at radius 1 is 0.917 bits per heavy atom. The first-order valence-corrected chi connectivity index (χ1v) is 11.6. The third-order valence-electron chi connectivity index (χ3n) is 1.81. The minimum atomic E-state index is 0.0443. The Bertz CT molecular complexity index is 398. The second-order valence-corrected chi connectivity index (χ2v) is 7.33. The summed E-state index contributed by atoms with van der Waals surface area (Å²) in [4.78, 5) is 0. The van der Waals surface area contributed by atoms with E-state index in [1.54, 1.807) is 0 Å². The number of halogens is 1. The molecule has 0 amide bonds. The van der Waals surface area contributed by atoms with Crippen LogP contribution >= 0.6 is 18.7 Å². The maximum absolute atomic E-state index is 2.52. The summed E-state index contributed by atoms with van der Waals surface area (Å²) in [6.45, 7) is 0. The van der Waals surface area contributed by atoms with E-state index in [0.29, 0.717) is 0 Å². The zero-order valence-corrected chi connectivity index (χ0v) is 10.8. The van der Waals surface area contributed by atoms with E-state index in [1.165, 1.54) is 14.4 Å². The van der Waals surface area contributed by atoms with Gasteiger partial charge in [-0.2, -0.15) is 0 Å². The Labute approximate surface area is 91.7 Å². The van der Waals surface area contributed by atoms with E-state index < -0.39 is 0 Å². The standard InChI is InChI=1S/C10H7ITe/c11-12-10-6-5-8-3-1-2-4-9(8)7-10/h1-7H. The second kappa shape index (κ2) is 3.95. The van der Waals surface area contributed by atoms with Gasteiger partial charge >= 0.3 is 92.5 Å². The van der Waals surface area contributed by atoms with E-state index in [0.717, 1.165) is 0 Å². The van der Waals surface area contributed by atoms with Crippen molar-refractivity contribution in [2.75, 3.05) is 0 Å². The third-order valence-corrected chi connectivity index (χ3v) is 6.45. The van der Waals surface area contributed by atoms with Crippen LogP contribution in [-0.2, 0) is 0 Å². The molecular formula is C10H7ITe. The molecule has 0 aromatic heterocycles. The van der Waals surface area contributed by atoms with Gasteiger partial charge in [-0.1, -0.05) is 0 Å². The molecule has 60 valence electrons. The molecule has 0 aliphatic rings. The van der Waals surface area contributed by atoms with Gasteiger partial charge in [0.05, 0.1) is 0 Å². The Kier molecular flexibility index (Phi) is 2.90. The fourth-order valence-electron chi connectivity index (χ4n) is 1.22. The predicted molar refractivity (Wildman–Crippen MR) is 63.4 cm³/mol. The van der Waals surface area contributed by atoms with E-state index >= 15 is 0 Å². The molecule has 0 unspecified atom stereocenters. The van der Waals surface area contributed by atoms with E-state index in [2.05, 4.69) is 61.2 Å². The van der Waals surface area contributed by atoms with Crippen LogP contribution < -0.4 is 3.61 Å². The van der Waals surface area contributed by atoms with Gasteiger partial charge in [-0.05, 0) is 0 Å². The van der Waals surface area contributed by atoms with Crippen molar-refractivity contribution in [3.05, 3.63) is 42.5 Å². The zero-order valence-electron chi connectivity index (χ0n) is 6.33. The zero-order chi connectivity index (χ0) is 8.39. The summed E-state index contributed by atoms with van der Waals surface area (Å²) in [5.41, 5.74) is 0. The van der Waals surface area contributed by atoms with Crippen molar-refractivity contribution in [2.45, 2.75) is 0 Å². The molecule has 12 heavy (non-hydrogen) atoms. The van der Waals surface area contributed by atoms with Crippen LogP contribution in [0.25, 0.3) is 10.8 Å². The summed E-state index contributed by atoms with van der Waals surface area (Å²) >= 11 is 2.56. The van der Waals surface area contributed by atoms with Gasteiger partial charge in [0.1, 0.15) is 0 Å². The Morgan fingerprint density at radius 3 is 2.42 bits per heavy atom. The van der Waals surface area contributed by atoms with Crippen LogP contribution in [0.5, 0.6) is 0 Å². The predicted octanol–water partition coefficient (Wildman–Crippen LogP) is 2.52. The molecule has 0 nitrogen and oxygen atoms in total. The van der Waals surface area contributed by atoms with Crippen molar-refractivity contribution in [3.63, 3.8) is 0 Å². The molecule has 0 heterocycles. The van der Waals surface area contributed by atoms with Gasteiger partial charge in [0, 0.05) is 0 Å². The van der Waals surface area contributed by atoms with Crippen molar-refractivity contribution in [1.82, 2.24) is 0 Å². The van der Waals surface area contributed by atoms with Crippen molar-refractivity contribution in [3.8, 4) is 0 Å². The van der Waals surface area contributed by atoms with Crippen LogP contribution in [0.15, 0.2) is 42.5 Å². The SMILES string of the molecule is I[Te]c1ccc2ccccc2c1. The van der Waals surface area contributed by atoms with Crippen LogP contribution in [0.4, 0.5) is 0 Å². The summed E-state index contributed by atoms with van der Waals surface area (Å²) in [7, 11) is 0. The quantitative estimate of drug-likeness (QED) is 0.526. The van der Waals surface area contributed by atoms with Crippen LogP contribution in [0.2, 0.25) is 0 Å². The van der Waals surface area contributed by atoms with E-state index in [-0.39, 0.29) is 17.0 Å². The molecule has 0 spiro atoms. The average Bonchev–Trinajstić information content (AvgIpc) is 2.17. The van der Waals surface area contributed by atoms with E-state index in [1.807, 2.05) is 0 Å². The molecule has 0 aliphatic carbocycles. The van der Waals surface area contributed by atoms with E-state index in [9.17, 15) is 0 Å². The molecule has 0 fully saturated rings. The van der Waals surface area contributed by atoms with Crippen LogP contribution in [-0.4, -0.2) is 17.0 Å². The first-order valence-electron chi connectivity index (χ1n) is 3.67. The summed E-state index contributed by atoms with van der Waals surface area (Å²) in [5.74, 6) is 0. The summed E-state index contributed by atoms with van der Waals surface area (Å²) in [6, 6.07) is 15.3. The Balaban J connectivity index is 2.67. The molecule has 2 rings (SSSR count). The third kappa shape index (κ3) is 1.76. The van der Waals surface area contributed by atoms with Gasteiger partial charge in [-0.25, -0.2) is 0 Å². The number of benzene rings is 2. The molecular weight excluding hydrogens is 375 g/mol. The molecule has 2 aromatic rings. The maximum atomic E-state index is 2.52. The van der Waals surface area contributed by atoms with E-state index in [4.69, 9.17) is 0 Å². The Hall–Kier alpha value is 0.220. The minimum absolute atomic E-state index is 0.0443. The number of fused-ring (bicyclic) bond motifs is 1. The molecule has 0 atom stereocenters. The first kappa shape index (κ1) is 8.80. The van der Waals surface area contributed by atoms with Gasteiger partial charge in [-0.3, -0.25) is 0 Å². The van der Waals surface area contributed by atoms with Gasteiger partial charge in [0.15, 0.2) is 0 Å². The second-order valence-electron chi connectivity index (χ2n) is 2.59. The van der Waals surface area contributed by atoms with Crippen molar-refractivity contribution in [1.29, 1.82) is 0 Å².